The number of nitrogens with zero attached hydrogens (tertiary/aromatic N) is 2. The fourth-order valence-electron chi connectivity index (χ4n) is 2.15. The number of rotatable bonds is 6. The first-order chi connectivity index (χ1) is 9.98. The van der Waals surface area contributed by atoms with Gasteiger partial charge in [-0.1, -0.05) is 37.3 Å². The molecule has 0 aliphatic carbocycles. The average Bonchev–Trinajstić information content (AvgIpc) is 2.87. The SMILES string of the molecule is CCN(Cc1ccccc1)S(=O)(=O)c1cc(CCl)n(C)c1. The molecule has 0 atom stereocenters. The topological polar surface area (TPSA) is 42.3 Å². The lowest BCUT2D eigenvalue weighted by Gasteiger charge is -2.19. The minimum Gasteiger partial charge on any atom is -0.352 e. The molecule has 21 heavy (non-hydrogen) atoms. The molecule has 0 bridgehead atoms. The first-order valence-electron chi connectivity index (χ1n) is 6.74. The van der Waals surface area contributed by atoms with E-state index in [1.165, 1.54) is 4.31 Å². The van der Waals surface area contributed by atoms with Gasteiger partial charge in [-0.25, -0.2) is 8.42 Å². The maximum Gasteiger partial charge on any atom is 0.244 e. The number of aryl methyl sites for hydroxylation is 1. The first kappa shape index (κ1) is 16.1. The Kier molecular flexibility index (Phi) is 5.08. The normalized spacial score (nSPS) is 12.0. The van der Waals surface area contributed by atoms with E-state index in [1.807, 2.05) is 37.3 Å². The molecule has 1 heterocycles. The highest BCUT2D eigenvalue weighted by molar-refractivity contribution is 7.89. The smallest absolute Gasteiger partial charge is 0.244 e. The Morgan fingerprint density at radius 2 is 1.90 bits per heavy atom. The van der Waals surface area contributed by atoms with Gasteiger partial charge in [0.05, 0.1) is 5.88 Å². The number of sulfonamides is 1. The Balaban J connectivity index is 2.31. The van der Waals surface area contributed by atoms with E-state index >= 15 is 0 Å². The molecule has 1 aromatic heterocycles. The van der Waals surface area contributed by atoms with E-state index in [0.717, 1.165) is 11.3 Å². The van der Waals surface area contributed by atoms with Crippen molar-refractivity contribution in [3.8, 4) is 0 Å². The van der Waals surface area contributed by atoms with Crippen molar-refractivity contribution in [2.75, 3.05) is 6.54 Å². The van der Waals surface area contributed by atoms with Crippen molar-refractivity contribution in [1.29, 1.82) is 0 Å². The summed E-state index contributed by atoms with van der Waals surface area (Å²) in [6, 6.07) is 11.2. The van der Waals surface area contributed by atoms with E-state index in [4.69, 9.17) is 11.6 Å². The lowest BCUT2D eigenvalue weighted by molar-refractivity contribution is 0.423. The molecule has 0 saturated carbocycles. The molecule has 1 aromatic carbocycles. The third-order valence-electron chi connectivity index (χ3n) is 3.41. The number of hydrogen-bond donors (Lipinski definition) is 0. The first-order valence-corrected chi connectivity index (χ1v) is 8.71. The second-order valence-corrected chi connectivity index (χ2v) is 7.03. The van der Waals surface area contributed by atoms with Crippen molar-refractivity contribution in [2.24, 2.45) is 7.05 Å². The number of halogens is 1. The summed E-state index contributed by atoms with van der Waals surface area (Å²) in [5.74, 6) is 0.289. The zero-order chi connectivity index (χ0) is 15.5. The van der Waals surface area contributed by atoms with E-state index in [-0.39, 0.29) is 5.88 Å². The summed E-state index contributed by atoms with van der Waals surface area (Å²) in [7, 11) is -1.71. The summed E-state index contributed by atoms with van der Waals surface area (Å²) < 4.78 is 28.7. The molecule has 0 fully saturated rings. The van der Waals surface area contributed by atoms with E-state index in [0.29, 0.717) is 18.0 Å². The molecule has 0 saturated heterocycles. The summed E-state index contributed by atoms with van der Waals surface area (Å²) in [6.07, 6.45) is 1.61. The van der Waals surface area contributed by atoms with E-state index in [2.05, 4.69) is 0 Å². The molecule has 0 radical (unpaired) electrons. The third-order valence-corrected chi connectivity index (χ3v) is 5.57. The number of aromatic nitrogens is 1. The van der Waals surface area contributed by atoms with Crippen LogP contribution in [0.25, 0.3) is 0 Å². The Labute approximate surface area is 131 Å². The maximum atomic E-state index is 12.7. The van der Waals surface area contributed by atoms with Gasteiger partial charge in [0, 0.05) is 32.0 Å². The largest absolute Gasteiger partial charge is 0.352 e. The van der Waals surface area contributed by atoms with Gasteiger partial charge >= 0.3 is 0 Å². The maximum absolute atomic E-state index is 12.7. The molecule has 2 rings (SSSR count). The van der Waals surface area contributed by atoms with Crippen LogP contribution in [0.4, 0.5) is 0 Å². The van der Waals surface area contributed by atoms with Crippen molar-refractivity contribution in [3.05, 3.63) is 53.9 Å². The highest BCUT2D eigenvalue weighted by Crippen LogP contribution is 2.21. The van der Waals surface area contributed by atoms with Crippen molar-refractivity contribution in [3.63, 3.8) is 0 Å². The van der Waals surface area contributed by atoms with Crippen LogP contribution in [0.3, 0.4) is 0 Å². The van der Waals surface area contributed by atoms with Gasteiger partial charge in [-0.15, -0.1) is 11.6 Å². The summed E-state index contributed by atoms with van der Waals surface area (Å²) >= 11 is 5.81. The van der Waals surface area contributed by atoms with Gasteiger partial charge in [-0.05, 0) is 11.6 Å². The van der Waals surface area contributed by atoms with Crippen LogP contribution in [0.1, 0.15) is 18.2 Å². The third kappa shape index (κ3) is 3.48. The molecule has 4 nitrogen and oxygen atoms in total. The van der Waals surface area contributed by atoms with Crippen molar-refractivity contribution in [2.45, 2.75) is 24.2 Å². The van der Waals surface area contributed by atoms with Gasteiger partial charge in [-0.3, -0.25) is 0 Å². The Bertz CT molecular complexity index is 696. The van der Waals surface area contributed by atoms with Crippen LogP contribution < -0.4 is 0 Å². The average molecular weight is 327 g/mol. The molecule has 0 unspecified atom stereocenters. The molecule has 0 aliphatic rings. The van der Waals surface area contributed by atoms with Crippen LogP contribution >= 0.6 is 11.6 Å². The van der Waals surface area contributed by atoms with Crippen molar-refractivity contribution < 1.29 is 8.42 Å². The van der Waals surface area contributed by atoms with Gasteiger partial charge in [-0.2, -0.15) is 4.31 Å². The van der Waals surface area contributed by atoms with Crippen molar-refractivity contribution in [1.82, 2.24) is 8.87 Å². The van der Waals surface area contributed by atoms with E-state index in [9.17, 15) is 8.42 Å². The van der Waals surface area contributed by atoms with Gasteiger partial charge in [0.1, 0.15) is 4.90 Å². The molecular formula is C15H19ClN2O2S. The predicted octanol–water partition coefficient (Wildman–Crippen LogP) is 2.97. The summed E-state index contributed by atoms with van der Waals surface area (Å²) in [5, 5.41) is 0. The van der Waals surface area contributed by atoms with Crippen molar-refractivity contribution >= 4 is 21.6 Å². The van der Waals surface area contributed by atoms with Gasteiger partial charge in [0.25, 0.3) is 0 Å². The van der Waals surface area contributed by atoms with Gasteiger partial charge < -0.3 is 4.57 Å². The molecule has 0 amide bonds. The standard InChI is InChI=1S/C15H19ClN2O2S/c1-3-18(11-13-7-5-4-6-8-13)21(19,20)15-9-14(10-16)17(2)12-15/h4-9,12H,3,10-11H2,1-2H3. The highest BCUT2D eigenvalue weighted by atomic mass is 35.5. The molecule has 0 aliphatic heterocycles. The molecule has 114 valence electrons. The van der Waals surface area contributed by atoms with Crippen LogP contribution in [0.5, 0.6) is 0 Å². The molecule has 0 spiro atoms. The molecule has 0 N–H and O–H groups in total. The lowest BCUT2D eigenvalue weighted by atomic mass is 10.2. The summed E-state index contributed by atoms with van der Waals surface area (Å²) in [5.41, 5.74) is 1.75. The van der Waals surface area contributed by atoms with Crippen LogP contribution in [-0.4, -0.2) is 23.8 Å². The zero-order valence-electron chi connectivity index (χ0n) is 12.2. The van der Waals surface area contributed by atoms with Crippen LogP contribution in [-0.2, 0) is 29.5 Å². The zero-order valence-corrected chi connectivity index (χ0v) is 13.7. The fourth-order valence-corrected chi connectivity index (χ4v) is 3.95. The lowest BCUT2D eigenvalue weighted by Crippen LogP contribution is -2.30. The summed E-state index contributed by atoms with van der Waals surface area (Å²) in [4.78, 5) is 0.290. The summed E-state index contributed by atoms with van der Waals surface area (Å²) in [6.45, 7) is 2.62. The van der Waals surface area contributed by atoms with E-state index in [1.54, 1.807) is 23.9 Å². The molecule has 6 heteroatoms. The van der Waals surface area contributed by atoms with E-state index < -0.39 is 10.0 Å². The predicted molar refractivity (Wildman–Crippen MR) is 84.7 cm³/mol. The molecular weight excluding hydrogens is 308 g/mol. The fraction of sp³-hybridized carbons (Fsp3) is 0.333. The Hall–Kier alpha value is -1.30. The van der Waals surface area contributed by atoms with Crippen LogP contribution in [0, 0.1) is 0 Å². The number of hydrogen-bond acceptors (Lipinski definition) is 2. The number of alkyl halides is 1. The van der Waals surface area contributed by atoms with Crippen LogP contribution in [0.2, 0.25) is 0 Å². The number of benzene rings is 1. The monoisotopic (exact) mass is 326 g/mol. The second kappa shape index (κ2) is 6.64. The van der Waals surface area contributed by atoms with Crippen LogP contribution in [0.15, 0.2) is 47.5 Å². The minimum absolute atomic E-state index is 0.289. The Morgan fingerprint density at radius 1 is 1.24 bits per heavy atom. The molecule has 2 aromatic rings. The second-order valence-electron chi connectivity index (χ2n) is 4.83. The highest BCUT2D eigenvalue weighted by Gasteiger charge is 2.25. The Morgan fingerprint density at radius 3 is 2.43 bits per heavy atom. The van der Waals surface area contributed by atoms with Gasteiger partial charge in [0.2, 0.25) is 10.0 Å². The minimum atomic E-state index is -3.51. The quantitative estimate of drug-likeness (QED) is 0.766. The van der Waals surface area contributed by atoms with Gasteiger partial charge in [0.15, 0.2) is 0 Å².